The number of thiophene rings is 1. The zero-order valence-electron chi connectivity index (χ0n) is 17.4. The van der Waals surface area contributed by atoms with Gasteiger partial charge in [0.15, 0.2) is 5.78 Å². The van der Waals surface area contributed by atoms with Crippen LogP contribution in [0.3, 0.4) is 0 Å². The van der Waals surface area contributed by atoms with Crippen molar-refractivity contribution in [2.45, 2.75) is 72.0 Å². The summed E-state index contributed by atoms with van der Waals surface area (Å²) in [7, 11) is 0. The van der Waals surface area contributed by atoms with E-state index in [0.29, 0.717) is 6.54 Å². The lowest BCUT2D eigenvalue weighted by molar-refractivity contribution is -0.138. The lowest BCUT2D eigenvalue weighted by atomic mass is 9.87. The summed E-state index contributed by atoms with van der Waals surface area (Å²) in [6, 6.07) is 0. The standard InChI is InChI=1S/C23H28N2O2S/c1-13-18(21(14(2)26)27-23(3,4)5)19(15-10-11-24-12-15)20-16-8-6-7-9-17(16)28-22(20)25-13/h10,12,21H,6-9,11H2,1-5H3/t21-/m1/s1. The maximum absolute atomic E-state index is 12.7. The molecule has 0 N–H and O–H groups in total. The lowest BCUT2D eigenvalue weighted by Crippen LogP contribution is -2.28. The zero-order chi connectivity index (χ0) is 20.1. The number of aromatic nitrogens is 1. The zero-order valence-corrected chi connectivity index (χ0v) is 18.2. The van der Waals surface area contributed by atoms with Gasteiger partial charge in [0.25, 0.3) is 0 Å². The number of hydrogen-bond acceptors (Lipinski definition) is 5. The van der Waals surface area contributed by atoms with Gasteiger partial charge in [-0.1, -0.05) is 6.08 Å². The molecule has 3 heterocycles. The first-order valence-corrected chi connectivity index (χ1v) is 10.9. The van der Waals surface area contributed by atoms with Crippen molar-refractivity contribution in [3.8, 4) is 0 Å². The molecule has 5 heteroatoms. The highest BCUT2D eigenvalue weighted by molar-refractivity contribution is 7.18. The molecular formula is C23H28N2O2S. The van der Waals surface area contributed by atoms with E-state index in [1.165, 1.54) is 28.7 Å². The summed E-state index contributed by atoms with van der Waals surface area (Å²) < 4.78 is 6.28. The van der Waals surface area contributed by atoms with Crippen LogP contribution in [0.15, 0.2) is 11.1 Å². The number of ketones is 1. The van der Waals surface area contributed by atoms with E-state index in [4.69, 9.17) is 9.72 Å². The fourth-order valence-electron chi connectivity index (χ4n) is 4.26. The Kier molecular flexibility index (Phi) is 5.00. The molecule has 1 aliphatic heterocycles. The Hall–Kier alpha value is -1.85. The van der Waals surface area contributed by atoms with Crippen molar-refractivity contribution in [2.75, 3.05) is 6.54 Å². The van der Waals surface area contributed by atoms with Crippen LogP contribution in [0, 0.1) is 6.92 Å². The molecule has 2 aliphatic rings. The Bertz CT molecular complexity index is 1010. The van der Waals surface area contributed by atoms with Crippen molar-refractivity contribution in [1.29, 1.82) is 0 Å². The molecule has 0 bridgehead atoms. The molecule has 28 heavy (non-hydrogen) atoms. The molecule has 0 unspecified atom stereocenters. The first-order valence-electron chi connectivity index (χ1n) is 10.1. The van der Waals surface area contributed by atoms with Crippen LogP contribution < -0.4 is 0 Å². The summed E-state index contributed by atoms with van der Waals surface area (Å²) in [5.74, 6) is 0.0139. The minimum absolute atomic E-state index is 0.0139. The fourth-order valence-corrected chi connectivity index (χ4v) is 5.57. The molecule has 4 nitrogen and oxygen atoms in total. The number of carbonyl (C=O) groups excluding carboxylic acids is 1. The molecule has 0 fully saturated rings. The minimum Gasteiger partial charge on any atom is -0.360 e. The normalized spacial score (nSPS) is 17.7. The molecule has 0 aromatic carbocycles. The number of hydrogen-bond donors (Lipinski definition) is 0. The van der Waals surface area contributed by atoms with Gasteiger partial charge in [-0.25, -0.2) is 4.98 Å². The summed E-state index contributed by atoms with van der Waals surface area (Å²) in [4.78, 5) is 24.6. The van der Waals surface area contributed by atoms with E-state index >= 15 is 0 Å². The number of fused-ring (bicyclic) bond motifs is 3. The summed E-state index contributed by atoms with van der Waals surface area (Å²) >= 11 is 1.82. The summed E-state index contributed by atoms with van der Waals surface area (Å²) in [6.07, 6.45) is 8.14. The highest BCUT2D eigenvalue weighted by atomic mass is 32.1. The van der Waals surface area contributed by atoms with Gasteiger partial charge < -0.3 is 4.74 Å². The molecular weight excluding hydrogens is 368 g/mol. The van der Waals surface area contributed by atoms with Crippen molar-refractivity contribution in [2.24, 2.45) is 4.99 Å². The van der Waals surface area contributed by atoms with Gasteiger partial charge in [0.05, 0.1) is 12.1 Å². The van der Waals surface area contributed by atoms with E-state index < -0.39 is 11.7 Å². The Morgan fingerprint density at radius 1 is 1.25 bits per heavy atom. The van der Waals surface area contributed by atoms with E-state index in [1.807, 2.05) is 45.2 Å². The molecule has 0 radical (unpaired) electrons. The SMILES string of the molecule is CC(=O)[C@@H](OC(C)(C)C)c1c(C)nc2sc3c(c2c1C1=CCN=C1)CCCC3. The third-order valence-electron chi connectivity index (χ3n) is 5.37. The van der Waals surface area contributed by atoms with Crippen molar-refractivity contribution in [1.82, 2.24) is 4.98 Å². The van der Waals surface area contributed by atoms with Crippen LogP contribution in [0.4, 0.5) is 0 Å². The topological polar surface area (TPSA) is 51.5 Å². The maximum Gasteiger partial charge on any atom is 0.163 e. The third kappa shape index (κ3) is 3.46. The fraction of sp³-hybridized carbons (Fsp3) is 0.522. The van der Waals surface area contributed by atoms with Gasteiger partial charge in [0.1, 0.15) is 10.9 Å². The second-order valence-corrected chi connectivity index (χ2v) is 9.84. The Morgan fingerprint density at radius 3 is 2.64 bits per heavy atom. The number of Topliss-reactive ketones (excluding diaryl/α,β-unsaturated/α-hetero) is 1. The van der Waals surface area contributed by atoms with Gasteiger partial charge in [0, 0.05) is 33.3 Å². The van der Waals surface area contributed by atoms with Crippen molar-refractivity contribution < 1.29 is 9.53 Å². The summed E-state index contributed by atoms with van der Waals surface area (Å²) in [5, 5.41) is 1.23. The van der Waals surface area contributed by atoms with E-state index in [9.17, 15) is 4.79 Å². The number of aliphatic imine (C=N–C) groups is 1. The van der Waals surface area contributed by atoms with E-state index in [-0.39, 0.29) is 5.78 Å². The molecule has 148 valence electrons. The molecule has 0 spiro atoms. The summed E-state index contributed by atoms with van der Waals surface area (Å²) in [6.45, 7) is 10.3. The van der Waals surface area contributed by atoms with E-state index in [0.717, 1.165) is 40.1 Å². The predicted octanol–water partition coefficient (Wildman–Crippen LogP) is 5.40. The first-order chi connectivity index (χ1) is 13.3. The largest absolute Gasteiger partial charge is 0.360 e. The second-order valence-electron chi connectivity index (χ2n) is 8.75. The first kappa shape index (κ1) is 19.5. The predicted molar refractivity (Wildman–Crippen MR) is 117 cm³/mol. The van der Waals surface area contributed by atoms with Gasteiger partial charge in [-0.05, 0) is 71.4 Å². The third-order valence-corrected chi connectivity index (χ3v) is 6.56. The number of allylic oxidation sites excluding steroid dienone is 1. The smallest absolute Gasteiger partial charge is 0.163 e. The van der Waals surface area contributed by atoms with Gasteiger partial charge in [0.2, 0.25) is 0 Å². The Labute approximate surface area is 170 Å². The number of pyridine rings is 1. The number of nitrogens with zero attached hydrogens (tertiary/aromatic N) is 2. The van der Waals surface area contributed by atoms with Gasteiger partial charge in [-0.3, -0.25) is 9.79 Å². The molecule has 2 aromatic heterocycles. The monoisotopic (exact) mass is 396 g/mol. The van der Waals surface area contributed by atoms with Crippen LogP contribution >= 0.6 is 11.3 Å². The van der Waals surface area contributed by atoms with Crippen LogP contribution in [0.1, 0.15) is 73.9 Å². The van der Waals surface area contributed by atoms with Crippen molar-refractivity contribution in [3.05, 3.63) is 33.3 Å². The van der Waals surface area contributed by atoms with E-state index in [2.05, 4.69) is 11.1 Å². The van der Waals surface area contributed by atoms with Crippen molar-refractivity contribution in [3.63, 3.8) is 0 Å². The van der Waals surface area contributed by atoms with Gasteiger partial charge in [-0.15, -0.1) is 11.3 Å². The summed E-state index contributed by atoms with van der Waals surface area (Å²) in [5.41, 5.74) is 5.01. The molecule has 0 saturated heterocycles. The highest BCUT2D eigenvalue weighted by Crippen LogP contribution is 2.44. The van der Waals surface area contributed by atoms with Gasteiger partial charge in [-0.2, -0.15) is 0 Å². The Morgan fingerprint density at radius 2 is 2.00 bits per heavy atom. The molecule has 1 aliphatic carbocycles. The molecule has 2 aromatic rings. The van der Waals surface area contributed by atoms with Gasteiger partial charge >= 0.3 is 0 Å². The quantitative estimate of drug-likeness (QED) is 0.695. The second kappa shape index (κ2) is 7.20. The van der Waals surface area contributed by atoms with Crippen LogP contribution in [0.2, 0.25) is 0 Å². The number of carbonyl (C=O) groups is 1. The minimum atomic E-state index is -0.624. The number of aryl methyl sites for hydroxylation is 3. The number of ether oxygens (including phenoxy) is 1. The van der Waals surface area contributed by atoms with Crippen LogP contribution in [-0.2, 0) is 22.4 Å². The van der Waals surface area contributed by atoms with Crippen LogP contribution in [0.5, 0.6) is 0 Å². The highest BCUT2D eigenvalue weighted by Gasteiger charge is 2.32. The van der Waals surface area contributed by atoms with E-state index in [1.54, 1.807) is 6.92 Å². The molecule has 4 rings (SSSR count). The average Bonchev–Trinajstić information content (AvgIpc) is 3.25. The van der Waals surface area contributed by atoms with Crippen LogP contribution in [-0.4, -0.2) is 29.1 Å². The lowest BCUT2D eigenvalue weighted by Gasteiger charge is -2.29. The molecule has 1 atom stereocenters. The van der Waals surface area contributed by atoms with Crippen LogP contribution in [0.25, 0.3) is 15.8 Å². The average molecular weight is 397 g/mol. The maximum atomic E-state index is 12.7. The van der Waals surface area contributed by atoms with Crippen molar-refractivity contribution >= 4 is 39.1 Å². The molecule has 0 amide bonds. The molecule has 0 saturated carbocycles. The Balaban J connectivity index is 2.04. The number of rotatable bonds is 4.